The van der Waals surface area contributed by atoms with Gasteiger partial charge < -0.3 is 117 Å². The summed E-state index contributed by atoms with van der Waals surface area (Å²) in [7, 11) is 0. The number of carboxylic acid groups (broad SMARTS) is 1. The third-order valence-corrected chi connectivity index (χ3v) is 19.8. The van der Waals surface area contributed by atoms with Crippen molar-refractivity contribution in [3.05, 3.63) is 71.9 Å². The SMILES string of the molecule is CCCC[C@H](N)C(=O)N[C@H](C(=O)N1CCC[C@H]1C(=O)N[C@@H](Cc1ccccc1)C(=O)N[C@@H](Cc1c[nH]c2ccccc12)C(=O)N[C@@H](CCCN=C(N)N)C(=O)NCC(=O)N[C@H](C(=O)N[C@@H](CO)C(=O)N[C@@H](CC(C)C)C(=O)N[C@@H](CCCN=C(N)N)C(=O)N1CCC[C@H]1C(=O)N[C@H](C(=O)NCC(=O)O)[C@@H](C)CC)C(C)C)[C@@H](C)O. The number of rotatable bonds is 47. The Hall–Kier alpha value is -11.0. The van der Waals surface area contributed by atoms with Gasteiger partial charge in [-0.15, -0.1) is 0 Å². The molecule has 0 aliphatic carbocycles. The van der Waals surface area contributed by atoms with Crippen LogP contribution in [0.4, 0.5) is 0 Å². The summed E-state index contributed by atoms with van der Waals surface area (Å²) < 4.78 is 0. The molecule has 2 aliphatic heterocycles. The first-order chi connectivity index (χ1) is 54.1. The predicted molar refractivity (Wildman–Crippen MR) is 422 cm³/mol. The Morgan fingerprint density at radius 3 is 1.63 bits per heavy atom. The Morgan fingerprint density at radius 1 is 0.535 bits per heavy atom. The lowest BCUT2D eigenvalue weighted by molar-refractivity contribution is -0.144. The lowest BCUT2D eigenvalue weighted by Gasteiger charge is -2.32. The van der Waals surface area contributed by atoms with Crippen LogP contribution in [0.2, 0.25) is 0 Å². The number of amides is 13. The third-order valence-electron chi connectivity index (χ3n) is 19.8. The molecule has 2 saturated heterocycles. The van der Waals surface area contributed by atoms with Crippen LogP contribution in [0.1, 0.15) is 150 Å². The molecule has 3 heterocycles. The molecular weight excluding hydrogens is 1480 g/mol. The number of aliphatic hydroxyl groups excluding tert-OH is 2. The number of H-pyrrole nitrogens is 1. The Balaban J connectivity index is 1.33. The fourth-order valence-electron chi connectivity index (χ4n) is 13.3. The monoisotopic (exact) mass is 1600 g/mol. The summed E-state index contributed by atoms with van der Waals surface area (Å²) in [5.74, 6) is -14.0. The van der Waals surface area contributed by atoms with E-state index in [4.69, 9.17) is 28.7 Å². The summed E-state index contributed by atoms with van der Waals surface area (Å²) in [6.45, 7) is 11.0. The first kappa shape index (κ1) is 93.6. The second-order valence-corrected chi connectivity index (χ2v) is 29.7. The van der Waals surface area contributed by atoms with E-state index in [1.54, 1.807) is 102 Å². The number of nitrogens with two attached hydrogens (primary N) is 5. The number of aliphatic imine (C=N–C) groups is 2. The molecule has 2 aliphatic rings. The number of carboxylic acids is 1. The van der Waals surface area contributed by atoms with Crippen molar-refractivity contribution in [1.29, 1.82) is 0 Å². The van der Waals surface area contributed by atoms with Crippen molar-refractivity contribution in [2.75, 3.05) is 45.9 Å². The number of unbranched alkanes of at least 4 members (excludes halogenated alkanes) is 1. The maximum atomic E-state index is 15.0. The number of para-hydroxylation sites is 1. The summed E-state index contributed by atoms with van der Waals surface area (Å²) >= 11 is 0. The minimum atomic E-state index is -1.75. The normalized spacial score (nSPS) is 17.1. The zero-order chi connectivity index (χ0) is 84.5. The van der Waals surface area contributed by atoms with E-state index in [1.807, 2.05) is 6.92 Å². The molecule has 0 spiro atoms. The number of nitrogens with one attached hydrogen (secondary N) is 12. The van der Waals surface area contributed by atoms with Crippen molar-refractivity contribution in [3.63, 3.8) is 0 Å². The topological polar surface area (TPSA) is 609 Å². The zero-order valence-corrected chi connectivity index (χ0v) is 66.3. The van der Waals surface area contributed by atoms with Gasteiger partial charge >= 0.3 is 5.97 Å². The molecule has 13 amide bonds. The van der Waals surface area contributed by atoms with Crippen LogP contribution < -0.4 is 87.2 Å². The van der Waals surface area contributed by atoms with Crippen LogP contribution in [0.3, 0.4) is 0 Å². The quantitative estimate of drug-likeness (QED) is 0.0147. The van der Waals surface area contributed by atoms with Gasteiger partial charge in [0.05, 0.1) is 25.3 Å². The number of carbonyl (C=O) groups excluding carboxylic acids is 13. The molecule has 0 saturated carbocycles. The van der Waals surface area contributed by atoms with E-state index in [0.29, 0.717) is 54.1 Å². The molecule has 0 bridgehead atoms. The average molecular weight is 1600 g/mol. The minimum absolute atomic E-state index is 0.0215. The van der Waals surface area contributed by atoms with Crippen LogP contribution in [0.25, 0.3) is 10.9 Å². The molecule has 2 aromatic carbocycles. The van der Waals surface area contributed by atoms with Crippen molar-refractivity contribution in [2.45, 2.75) is 230 Å². The largest absolute Gasteiger partial charge is 0.480 e. The molecule has 0 unspecified atom stereocenters. The first-order valence-corrected chi connectivity index (χ1v) is 38.9. The second kappa shape index (κ2) is 46.9. The molecule has 5 rings (SSSR count). The van der Waals surface area contributed by atoms with E-state index in [1.165, 1.54) is 16.7 Å². The number of aromatic nitrogens is 1. The molecule has 630 valence electrons. The summed E-state index contributed by atoms with van der Waals surface area (Å²) in [6, 6.07) is -0.328. The maximum absolute atomic E-state index is 15.0. The van der Waals surface area contributed by atoms with E-state index in [-0.39, 0.29) is 102 Å². The molecular formula is C76H119N21O17. The van der Waals surface area contributed by atoms with Crippen LogP contribution in [0.5, 0.6) is 0 Å². The Labute approximate surface area is 663 Å². The number of fused-ring (bicyclic) bond motifs is 1. The number of aliphatic hydroxyl groups is 2. The fourth-order valence-corrected chi connectivity index (χ4v) is 13.3. The van der Waals surface area contributed by atoms with Crippen molar-refractivity contribution >= 4 is 106 Å². The Morgan fingerprint density at radius 2 is 1.06 bits per heavy atom. The van der Waals surface area contributed by atoms with Gasteiger partial charge in [0.15, 0.2) is 11.9 Å². The van der Waals surface area contributed by atoms with Crippen molar-refractivity contribution < 1.29 is 82.4 Å². The van der Waals surface area contributed by atoms with Crippen LogP contribution in [-0.4, -0.2) is 249 Å². The van der Waals surface area contributed by atoms with Crippen LogP contribution >= 0.6 is 0 Å². The Bertz CT molecular complexity index is 3830. The lowest BCUT2D eigenvalue weighted by Crippen LogP contribution is -2.61. The molecule has 25 N–H and O–H groups in total. The third kappa shape index (κ3) is 29.5. The summed E-state index contributed by atoms with van der Waals surface area (Å²) in [5.41, 5.74) is 30.3. The van der Waals surface area contributed by atoms with E-state index in [0.717, 1.165) is 6.42 Å². The molecule has 1 aromatic heterocycles. The number of hydrogen-bond donors (Lipinski definition) is 20. The smallest absolute Gasteiger partial charge is 0.322 e. The fraction of sp³-hybridized carbons (Fsp3) is 0.605. The highest BCUT2D eigenvalue weighted by atomic mass is 16.4. The van der Waals surface area contributed by atoms with Gasteiger partial charge in [0.25, 0.3) is 0 Å². The number of benzene rings is 2. The van der Waals surface area contributed by atoms with Crippen molar-refractivity contribution in [1.82, 2.24) is 73.3 Å². The summed E-state index contributed by atoms with van der Waals surface area (Å²) in [4.78, 5) is 210. The number of hydrogen-bond acceptors (Lipinski definition) is 19. The van der Waals surface area contributed by atoms with Crippen molar-refractivity contribution in [2.24, 2.45) is 56.4 Å². The van der Waals surface area contributed by atoms with Gasteiger partial charge in [0.2, 0.25) is 76.8 Å². The Kier molecular flexibility index (Phi) is 38.5. The van der Waals surface area contributed by atoms with Crippen LogP contribution in [0, 0.1) is 17.8 Å². The van der Waals surface area contributed by atoms with Gasteiger partial charge in [0.1, 0.15) is 73.0 Å². The molecule has 14 atom stereocenters. The van der Waals surface area contributed by atoms with Crippen LogP contribution in [0.15, 0.2) is 70.8 Å². The van der Waals surface area contributed by atoms with E-state index >= 15 is 9.59 Å². The first-order valence-electron chi connectivity index (χ1n) is 38.9. The number of nitrogens with zero attached hydrogens (tertiary/aromatic N) is 4. The van der Waals surface area contributed by atoms with E-state index < -0.39 is 193 Å². The highest BCUT2D eigenvalue weighted by Crippen LogP contribution is 2.25. The van der Waals surface area contributed by atoms with Gasteiger partial charge in [-0.05, 0) is 106 Å². The van der Waals surface area contributed by atoms with Gasteiger partial charge in [-0.25, -0.2) is 0 Å². The summed E-state index contributed by atoms with van der Waals surface area (Å²) in [5, 5.41) is 59.9. The van der Waals surface area contributed by atoms with Crippen molar-refractivity contribution in [3.8, 4) is 0 Å². The summed E-state index contributed by atoms with van der Waals surface area (Å²) in [6.07, 6.45) is 3.13. The second-order valence-electron chi connectivity index (χ2n) is 29.7. The number of aliphatic carboxylic acids is 1. The number of likely N-dealkylation sites (tertiary alicyclic amines) is 2. The molecule has 38 heteroatoms. The molecule has 38 nitrogen and oxygen atoms in total. The molecule has 2 fully saturated rings. The van der Waals surface area contributed by atoms with E-state index in [2.05, 4.69) is 73.5 Å². The number of guanidine groups is 2. The standard InChI is InChI=1S/C76H119N21O17/c1-9-11-24-48(77)63(103)95-62(44(8)99)74(114)97-33-20-28-56(97)69(109)91-53(35-45-21-13-12-14-22-45)66(106)90-54(36-46-37-84-49-25-16-15-23-47(46)49)67(107)87-50(26-17-30-82-75(78)79)64(104)85-38-58(100)93-60(42(5)6)72(112)92-55(40-98)68(108)89-52(34-41(3)4)65(105)88-51(27-18-31-83-76(80)81)73(113)96-32-19-29-57(96)70(110)94-61(43(7)10-2)71(111)86-39-59(101)102/h12-16,21-23,25,37,41-44,48,50-57,60-62,84,98-99H,9-11,17-20,24,26-36,38-40,77H2,1-8H3,(H,85,104)(H,86,111)(H,87,107)(H,88,105)(H,89,108)(H,90,106)(H,91,109)(H,92,112)(H,93,100)(H,94,110)(H,95,103)(H,101,102)(H4,78,79,82)(H4,80,81,83)/t43-,44+,48-,50-,51-,52-,53-,54-,55-,56-,57-,60-,61-,62-/m0/s1. The highest BCUT2D eigenvalue weighted by molar-refractivity contribution is 6.00. The number of carbonyl (C=O) groups is 14. The van der Waals surface area contributed by atoms with Gasteiger partial charge in [-0.3, -0.25) is 77.1 Å². The van der Waals surface area contributed by atoms with Crippen LogP contribution in [-0.2, 0) is 80.0 Å². The molecule has 114 heavy (non-hydrogen) atoms. The zero-order valence-electron chi connectivity index (χ0n) is 66.3. The average Bonchev–Trinajstić information content (AvgIpc) is 1.62. The highest BCUT2D eigenvalue weighted by Gasteiger charge is 2.44. The van der Waals surface area contributed by atoms with Gasteiger partial charge in [-0.2, -0.15) is 0 Å². The lowest BCUT2D eigenvalue weighted by atomic mass is 9.97. The van der Waals surface area contributed by atoms with Gasteiger partial charge in [0, 0.05) is 56.1 Å². The number of aromatic amines is 1. The van der Waals surface area contributed by atoms with Gasteiger partial charge in [-0.1, -0.05) is 116 Å². The predicted octanol–water partition coefficient (Wildman–Crippen LogP) is -3.64. The maximum Gasteiger partial charge on any atom is 0.322 e. The van der Waals surface area contributed by atoms with E-state index in [9.17, 15) is 72.9 Å². The molecule has 3 aromatic rings. The minimum Gasteiger partial charge on any atom is -0.480 e. The molecule has 0 radical (unpaired) electrons.